The van der Waals surface area contributed by atoms with Crippen LogP contribution in [0, 0.1) is 0 Å². The summed E-state index contributed by atoms with van der Waals surface area (Å²) >= 11 is 0. The van der Waals surface area contributed by atoms with Crippen molar-refractivity contribution in [2.75, 3.05) is 0 Å². The zero-order valence-electron chi connectivity index (χ0n) is 9.95. The van der Waals surface area contributed by atoms with Gasteiger partial charge in [-0.25, -0.2) is 0 Å². The second-order valence-electron chi connectivity index (χ2n) is 4.39. The van der Waals surface area contributed by atoms with Gasteiger partial charge in [-0.15, -0.1) is 12.4 Å². The van der Waals surface area contributed by atoms with Gasteiger partial charge in [0.25, 0.3) is 0 Å². The van der Waals surface area contributed by atoms with Gasteiger partial charge >= 0.3 is 5.92 Å². The van der Waals surface area contributed by atoms with Crippen molar-refractivity contribution in [3.63, 3.8) is 0 Å². The van der Waals surface area contributed by atoms with E-state index in [4.69, 9.17) is 5.73 Å². The number of nitrogens with two attached hydrogens (primary N) is 1. The third kappa shape index (κ3) is 3.34. The number of halogens is 3. The molecule has 0 amide bonds. The summed E-state index contributed by atoms with van der Waals surface area (Å²) in [7, 11) is 0. The molecule has 0 aliphatic rings. The summed E-state index contributed by atoms with van der Waals surface area (Å²) in [6, 6.07) is 1.99. The van der Waals surface area contributed by atoms with Gasteiger partial charge in [-0.05, 0) is 32.9 Å². The largest absolute Gasteiger partial charge is 0.384 e. The molecule has 17 heavy (non-hydrogen) atoms. The first kappa shape index (κ1) is 16.2. The summed E-state index contributed by atoms with van der Waals surface area (Å²) in [6.07, 6.45) is 1.27. The van der Waals surface area contributed by atoms with Crippen molar-refractivity contribution in [2.24, 2.45) is 5.73 Å². The SMILES string of the molecule is C[C@@H](N)c1cc(C(F)(F)C(C)(C)O)ccn1.Cl. The standard InChI is InChI=1S/C11H16F2N2O.ClH/c1-7(14)9-6-8(4-5-15-9)11(12,13)10(2,3)16;/h4-7,16H,14H2,1-3H3;1H/t7-;/m1./s1. The van der Waals surface area contributed by atoms with E-state index in [0.29, 0.717) is 5.69 Å². The van der Waals surface area contributed by atoms with E-state index in [2.05, 4.69) is 4.98 Å². The van der Waals surface area contributed by atoms with Crippen LogP contribution in [-0.4, -0.2) is 15.7 Å². The molecule has 6 heteroatoms. The van der Waals surface area contributed by atoms with E-state index in [1.165, 1.54) is 18.3 Å². The third-order valence-electron chi connectivity index (χ3n) is 2.38. The maximum absolute atomic E-state index is 13.8. The summed E-state index contributed by atoms with van der Waals surface area (Å²) in [5.74, 6) is -3.33. The molecule has 1 heterocycles. The van der Waals surface area contributed by atoms with Crippen molar-refractivity contribution in [2.45, 2.75) is 38.3 Å². The molecule has 0 spiro atoms. The van der Waals surface area contributed by atoms with Crippen LogP contribution in [-0.2, 0) is 5.92 Å². The number of nitrogens with zero attached hydrogens (tertiary/aromatic N) is 1. The molecule has 1 aromatic heterocycles. The highest BCUT2D eigenvalue weighted by Crippen LogP contribution is 2.38. The third-order valence-corrected chi connectivity index (χ3v) is 2.38. The number of aliphatic hydroxyl groups is 1. The molecule has 3 nitrogen and oxygen atoms in total. The van der Waals surface area contributed by atoms with Gasteiger partial charge in [0.1, 0.15) is 5.60 Å². The maximum atomic E-state index is 13.8. The van der Waals surface area contributed by atoms with Crippen LogP contribution < -0.4 is 5.73 Å². The normalized spacial score (nSPS) is 14.1. The van der Waals surface area contributed by atoms with Crippen molar-refractivity contribution >= 4 is 12.4 Å². The van der Waals surface area contributed by atoms with Crippen LogP contribution in [0.2, 0.25) is 0 Å². The molecule has 1 atom stereocenters. The van der Waals surface area contributed by atoms with Crippen LogP contribution in [0.4, 0.5) is 8.78 Å². The molecule has 1 rings (SSSR count). The molecule has 0 saturated heterocycles. The predicted molar refractivity (Wildman–Crippen MR) is 64.3 cm³/mol. The van der Waals surface area contributed by atoms with E-state index in [-0.39, 0.29) is 18.0 Å². The molecular formula is C11H17ClF2N2O. The van der Waals surface area contributed by atoms with E-state index in [9.17, 15) is 13.9 Å². The number of alkyl halides is 2. The van der Waals surface area contributed by atoms with E-state index in [1.54, 1.807) is 6.92 Å². The lowest BCUT2D eigenvalue weighted by molar-refractivity contribution is -0.168. The first-order valence-corrected chi connectivity index (χ1v) is 4.98. The van der Waals surface area contributed by atoms with Gasteiger partial charge < -0.3 is 10.8 Å². The minimum Gasteiger partial charge on any atom is -0.384 e. The number of pyridine rings is 1. The quantitative estimate of drug-likeness (QED) is 0.883. The van der Waals surface area contributed by atoms with Gasteiger partial charge in [-0.1, -0.05) is 0 Å². The Kier molecular flexibility index (Phi) is 5.01. The van der Waals surface area contributed by atoms with Crippen LogP contribution in [0.15, 0.2) is 18.3 Å². The zero-order chi connectivity index (χ0) is 12.6. The van der Waals surface area contributed by atoms with Crippen molar-refractivity contribution < 1.29 is 13.9 Å². The molecular weight excluding hydrogens is 250 g/mol. The zero-order valence-corrected chi connectivity index (χ0v) is 10.8. The second kappa shape index (κ2) is 5.25. The van der Waals surface area contributed by atoms with Crippen molar-refractivity contribution in [3.05, 3.63) is 29.6 Å². The molecule has 98 valence electrons. The van der Waals surface area contributed by atoms with Gasteiger partial charge in [0, 0.05) is 17.8 Å². The van der Waals surface area contributed by atoms with E-state index in [0.717, 1.165) is 13.8 Å². The number of hydrogen-bond acceptors (Lipinski definition) is 3. The molecule has 0 fully saturated rings. The molecule has 0 radical (unpaired) electrons. The molecule has 1 aromatic rings. The molecule has 0 aliphatic heterocycles. The maximum Gasteiger partial charge on any atom is 0.300 e. The Hall–Kier alpha value is -0.780. The number of aromatic nitrogens is 1. The first-order chi connectivity index (χ1) is 7.16. The fourth-order valence-corrected chi connectivity index (χ4v) is 1.25. The lowest BCUT2D eigenvalue weighted by Gasteiger charge is -2.29. The summed E-state index contributed by atoms with van der Waals surface area (Å²) in [5.41, 5.74) is 3.54. The summed E-state index contributed by atoms with van der Waals surface area (Å²) in [4.78, 5) is 3.89. The Morgan fingerprint density at radius 1 is 1.41 bits per heavy atom. The summed E-state index contributed by atoms with van der Waals surface area (Å²) in [5, 5.41) is 9.43. The highest BCUT2D eigenvalue weighted by Gasteiger charge is 2.47. The van der Waals surface area contributed by atoms with Crippen LogP contribution in [0.25, 0.3) is 0 Å². The van der Waals surface area contributed by atoms with E-state index < -0.39 is 17.6 Å². The highest BCUT2D eigenvalue weighted by atomic mass is 35.5. The second-order valence-corrected chi connectivity index (χ2v) is 4.39. The average Bonchev–Trinajstić information content (AvgIpc) is 2.16. The lowest BCUT2D eigenvalue weighted by atomic mass is 9.93. The van der Waals surface area contributed by atoms with Crippen molar-refractivity contribution in [3.8, 4) is 0 Å². The smallest absolute Gasteiger partial charge is 0.300 e. The Bertz CT molecular complexity index is 378. The fourth-order valence-electron chi connectivity index (χ4n) is 1.25. The number of hydrogen-bond donors (Lipinski definition) is 2. The minimum absolute atomic E-state index is 0. The highest BCUT2D eigenvalue weighted by molar-refractivity contribution is 5.85. The summed E-state index contributed by atoms with van der Waals surface area (Å²) < 4.78 is 27.6. The average molecular weight is 267 g/mol. The predicted octanol–water partition coefficient (Wildman–Crippen LogP) is 2.39. The molecule has 0 saturated carbocycles. The molecule has 0 aromatic carbocycles. The van der Waals surface area contributed by atoms with Crippen LogP contribution >= 0.6 is 12.4 Å². The van der Waals surface area contributed by atoms with Gasteiger partial charge in [-0.2, -0.15) is 8.78 Å². The lowest BCUT2D eigenvalue weighted by Crippen LogP contribution is -2.40. The van der Waals surface area contributed by atoms with Crippen LogP contribution in [0.1, 0.15) is 38.1 Å². The Balaban J connectivity index is 0.00000256. The summed E-state index contributed by atoms with van der Waals surface area (Å²) in [6.45, 7) is 3.80. The van der Waals surface area contributed by atoms with Crippen molar-refractivity contribution in [1.29, 1.82) is 0 Å². The molecule has 3 N–H and O–H groups in total. The Labute approximate surface area is 105 Å². The van der Waals surface area contributed by atoms with E-state index in [1.807, 2.05) is 0 Å². The molecule has 0 unspecified atom stereocenters. The fraction of sp³-hybridized carbons (Fsp3) is 0.545. The van der Waals surface area contributed by atoms with Gasteiger partial charge in [0.15, 0.2) is 0 Å². The topological polar surface area (TPSA) is 59.1 Å². The first-order valence-electron chi connectivity index (χ1n) is 4.98. The Morgan fingerprint density at radius 2 is 1.94 bits per heavy atom. The van der Waals surface area contributed by atoms with Gasteiger partial charge in [-0.3, -0.25) is 4.98 Å². The van der Waals surface area contributed by atoms with Gasteiger partial charge in [0.05, 0.1) is 5.69 Å². The Morgan fingerprint density at radius 3 is 2.35 bits per heavy atom. The number of rotatable bonds is 3. The van der Waals surface area contributed by atoms with E-state index >= 15 is 0 Å². The molecule has 0 aliphatic carbocycles. The minimum atomic E-state index is -3.33. The van der Waals surface area contributed by atoms with Crippen LogP contribution in [0.5, 0.6) is 0 Å². The van der Waals surface area contributed by atoms with Crippen LogP contribution in [0.3, 0.4) is 0 Å². The van der Waals surface area contributed by atoms with Gasteiger partial charge in [0.2, 0.25) is 0 Å². The van der Waals surface area contributed by atoms with Crippen molar-refractivity contribution in [1.82, 2.24) is 4.98 Å². The molecule has 0 bridgehead atoms. The monoisotopic (exact) mass is 266 g/mol.